The molecule has 0 aliphatic carbocycles. The standard InChI is InChI=1S/C21H25N3O3S/c1-5-24-12-11-15-9-10-18(14-19(15)24)28(26,27)23-17-8-6-7-16(13-17)22-20(25)21(2,3)4/h6-14,23H,5H2,1-4H3,(H,22,25). The number of benzene rings is 2. The lowest BCUT2D eigenvalue weighted by Gasteiger charge is -2.18. The molecule has 1 heterocycles. The van der Waals surface area contributed by atoms with Crippen molar-refractivity contribution >= 4 is 38.2 Å². The summed E-state index contributed by atoms with van der Waals surface area (Å²) in [6.07, 6.45) is 1.94. The van der Waals surface area contributed by atoms with E-state index in [1.807, 2.05) is 44.5 Å². The van der Waals surface area contributed by atoms with Gasteiger partial charge in [0.25, 0.3) is 10.0 Å². The van der Waals surface area contributed by atoms with Crippen LogP contribution >= 0.6 is 0 Å². The van der Waals surface area contributed by atoms with Gasteiger partial charge in [-0.25, -0.2) is 8.42 Å². The number of nitrogens with one attached hydrogen (secondary N) is 2. The number of fused-ring (bicyclic) bond motifs is 1. The third-order valence-corrected chi connectivity index (χ3v) is 5.83. The topological polar surface area (TPSA) is 80.2 Å². The van der Waals surface area contributed by atoms with Gasteiger partial charge in [-0.15, -0.1) is 0 Å². The largest absolute Gasteiger partial charge is 0.348 e. The number of aromatic nitrogens is 1. The van der Waals surface area contributed by atoms with Crippen molar-refractivity contribution in [3.05, 3.63) is 54.7 Å². The molecule has 0 bridgehead atoms. The Labute approximate surface area is 165 Å². The SMILES string of the molecule is CCn1ccc2ccc(S(=O)(=O)Nc3cccc(NC(=O)C(C)(C)C)c3)cc21. The normalized spacial score (nSPS) is 12.1. The summed E-state index contributed by atoms with van der Waals surface area (Å²) in [6, 6.07) is 13.7. The van der Waals surface area contributed by atoms with E-state index in [2.05, 4.69) is 10.0 Å². The molecule has 0 unspecified atom stereocenters. The number of hydrogen-bond acceptors (Lipinski definition) is 3. The summed E-state index contributed by atoms with van der Waals surface area (Å²) in [5.41, 5.74) is 1.25. The molecule has 6 nitrogen and oxygen atoms in total. The van der Waals surface area contributed by atoms with Crippen LogP contribution in [0.4, 0.5) is 11.4 Å². The smallest absolute Gasteiger partial charge is 0.261 e. The Morgan fingerprint density at radius 1 is 1.04 bits per heavy atom. The predicted octanol–water partition coefficient (Wildman–Crippen LogP) is 4.45. The minimum atomic E-state index is -3.76. The molecular formula is C21H25N3O3S. The predicted molar refractivity (Wildman–Crippen MR) is 113 cm³/mol. The quantitative estimate of drug-likeness (QED) is 0.665. The van der Waals surface area contributed by atoms with Crippen LogP contribution in [0.1, 0.15) is 27.7 Å². The first-order valence-corrected chi connectivity index (χ1v) is 10.6. The van der Waals surface area contributed by atoms with Crippen molar-refractivity contribution in [2.45, 2.75) is 39.1 Å². The zero-order valence-corrected chi connectivity index (χ0v) is 17.3. The van der Waals surface area contributed by atoms with E-state index in [0.717, 1.165) is 17.4 Å². The van der Waals surface area contributed by atoms with Crippen molar-refractivity contribution in [2.75, 3.05) is 10.0 Å². The van der Waals surface area contributed by atoms with Gasteiger partial charge in [-0.2, -0.15) is 0 Å². The molecule has 0 atom stereocenters. The van der Waals surface area contributed by atoms with E-state index in [1.165, 1.54) is 0 Å². The van der Waals surface area contributed by atoms with Crippen LogP contribution in [0.25, 0.3) is 10.9 Å². The number of amides is 1. The molecule has 7 heteroatoms. The Kier molecular flexibility index (Phi) is 5.21. The lowest BCUT2D eigenvalue weighted by Crippen LogP contribution is -2.27. The van der Waals surface area contributed by atoms with Gasteiger partial charge >= 0.3 is 0 Å². The second-order valence-corrected chi connectivity index (χ2v) is 9.40. The third-order valence-electron chi connectivity index (χ3n) is 4.45. The molecule has 0 saturated carbocycles. The highest BCUT2D eigenvalue weighted by Crippen LogP contribution is 2.24. The van der Waals surface area contributed by atoms with Gasteiger partial charge in [0.1, 0.15) is 0 Å². The van der Waals surface area contributed by atoms with E-state index in [4.69, 9.17) is 0 Å². The van der Waals surface area contributed by atoms with Gasteiger partial charge in [-0.1, -0.05) is 32.9 Å². The van der Waals surface area contributed by atoms with Crippen LogP contribution in [-0.2, 0) is 21.4 Å². The van der Waals surface area contributed by atoms with E-state index in [-0.39, 0.29) is 10.8 Å². The van der Waals surface area contributed by atoms with Crippen LogP contribution < -0.4 is 10.0 Å². The molecule has 1 aromatic heterocycles. The highest BCUT2D eigenvalue weighted by molar-refractivity contribution is 7.92. The lowest BCUT2D eigenvalue weighted by atomic mass is 9.95. The number of sulfonamides is 1. The number of nitrogens with zero attached hydrogens (tertiary/aromatic N) is 1. The zero-order chi connectivity index (χ0) is 20.5. The van der Waals surface area contributed by atoms with Crippen molar-refractivity contribution in [3.8, 4) is 0 Å². The fourth-order valence-corrected chi connectivity index (χ4v) is 3.87. The first-order chi connectivity index (χ1) is 13.1. The monoisotopic (exact) mass is 399 g/mol. The maximum atomic E-state index is 12.9. The number of anilines is 2. The Hall–Kier alpha value is -2.80. The number of aryl methyl sites for hydroxylation is 1. The lowest BCUT2D eigenvalue weighted by molar-refractivity contribution is -0.123. The van der Waals surface area contributed by atoms with Gasteiger partial charge in [0, 0.05) is 29.4 Å². The van der Waals surface area contributed by atoms with Crippen molar-refractivity contribution in [1.82, 2.24) is 4.57 Å². The Morgan fingerprint density at radius 2 is 1.75 bits per heavy atom. The van der Waals surface area contributed by atoms with Crippen molar-refractivity contribution in [2.24, 2.45) is 5.41 Å². The summed E-state index contributed by atoms with van der Waals surface area (Å²) >= 11 is 0. The summed E-state index contributed by atoms with van der Waals surface area (Å²) in [4.78, 5) is 12.4. The van der Waals surface area contributed by atoms with Gasteiger partial charge in [0.05, 0.1) is 10.6 Å². The summed E-state index contributed by atoms with van der Waals surface area (Å²) in [5.74, 6) is -0.140. The van der Waals surface area contributed by atoms with Crippen LogP contribution in [0, 0.1) is 5.41 Å². The summed E-state index contributed by atoms with van der Waals surface area (Å²) in [7, 11) is -3.76. The summed E-state index contributed by atoms with van der Waals surface area (Å²) in [6.45, 7) is 8.22. The molecule has 0 aliphatic heterocycles. The fourth-order valence-electron chi connectivity index (χ4n) is 2.80. The molecule has 0 radical (unpaired) electrons. The first-order valence-electron chi connectivity index (χ1n) is 9.13. The van der Waals surface area contributed by atoms with Gasteiger partial charge in [-0.05, 0) is 48.7 Å². The highest BCUT2D eigenvalue weighted by atomic mass is 32.2. The Bertz CT molecular complexity index is 1130. The average molecular weight is 400 g/mol. The van der Waals surface area contributed by atoms with E-state index in [1.54, 1.807) is 42.5 Å². The zero-order valence-electron chi connectivity index (χ0n) is 16.5. The number of hydrogen-bond donors (Lipinski definition) is 2. The van der Waals surface area contributed by atoms with Crippen LogP contribution in [-0.4, -0.2) is 18.9 Å². The van der Waals surface area contributed by atoms with Gasteiger partial charge in [0.15, 0.2) is 0 Å². The molecular weight excluding hydrogens is 374 g/mol. The van der Waals surface area contributed by atoms with Crippen molar-refractivity contribution in [1.29, 1.82) is 0 Å². The number of rotatable bonds is 5. The van der Waals surface area contributed by atoms with E-state index in [0.29, 0.717) is 11.4 Å². The minimum Gasteiger partial charge on any atom is -0.348 e. The Morgan fingerprint density at radius 3 is 2.43 bits per heavy atom. The molecule has 3 rings (SSSR count). The van der Waals surface area contributed by atoms with Crippen LogP contribution in [0.3, 0.4) is 0 Å². The highest BCUT2D eigenvalue weighted by Gasteiger charge is 2.21. The van der Waals surface area contributed by atoms with Gasteiger partial charge < -0.3 is 9.88 Å². The third kappa shape index (κ3) is 4.20. The Balaban J connectivity index is 1.86. The molecule has 148 valence electrons. The molecule has 0 spiro atoms. The minimum absolute atomic E-state index is 0.140. The molecule has 0 saturated heterocycles. The number of carbonyl (C=O) groups excluding carboxylic acids is 1. The molecule has 1 amide bonds. The average Bonchev–Trinajstić information content (AvgIpc) is 3.03. The molecule has 28 heavy (non-hydrogen) atoms. The van der Waals surface area contributed by atoms with Crippen LogP contribution in [0.2, 0.25) is 0 Å². The first kappa shape index (κ1) is 19.9. The second-order valence-electron chi connectivity index (χ2n) is 7.71. The molecule has 2 aromatic carbocycles. The van der Waals surface area contributed by atoms with Crippen molar-refractivity contribution < 1.29 is 13.2 Å². The molecule has 0 aliphatic rings. The van der Waals surface area contributed by atoms with E-state index < -0.39 is 15.4 Å². The molecule has 0 fully saturated rings. The van der Waals surface area contributed by atoms with Crippen LogP contribution in [0.5, 0.6) is 0 Å². The van der Waals surface area contributed by atoms with Gasteiger partial charge in [-0.3, -0.25) is 9.52 Å². The fraction of sp³-hybridized carbons (Fsp3) is 0.286. The van der Waals surface area contributed by atoms with Crippen LogP contribution in [0.15, 0.2) is 59.6 Å². The number of carbonyl (C=O) groups is 1. The maximum absolute atomic E-state index is 12.9. The second kappa shape index (κ2) is 7.31. The van der Waals surface area contributed by atoms with Gasteiger partial charge in [0.2, 0.25) is 5.91 Å². The summed E-state index contributed by atoms with van der Waals surface area (Å²) in [5, 5.41) is 3.80. The van der Waals surface area contributed by atoms with E-state index in [9.17, 15) is 13.2 Å². The summed E-state index contributed by atoms with van der Waals surface area (Å²) < 4.78 is 30.3. The van der Waals surface area contributed by atoms with E-state index >= 15 is 0 Å². The molecule has 2 N–H and O–H groups in total. The van der Waals surface area contributed by atoms with Crippen molar-refractivity contribution in [3.63, 3.8) is 0 Å². The molecule has 3 aromatic rings. The maximum Gasteiger partial charge on any atom is 0.261 e.